The summed E-state index contributed by atoms with van der Waals surface area (Å²) in [6.07, 6.45) is 0. The van der Waals surface area contributed by atoms with Crippen molar-refractivity contribution in [2.75, 3.05) is 12.8 Å². The van der Waals surface area contributed by atoms with Gasteiger partial charge in [-0.3, -0.25) is 0 Å². The van der Waals surface area contributed by atoms with Crippen molar-refractivity contribution < 1.29 is 8.42 Å². The third-order valence-corrected chi connectivity index (χ3v) is 6.25. The van der Waals surface area contributed by atoms with Crippen LogP contribution in [-0.4, -0.2) is 19.8 Å². The van der Waals surface area contributed by atoms with E-state index in [1.807, 2.05) is 17.5 Å². The van der Waals surface area contributed by atoms with E-state index in [9.17, 15) is 8.42 Å². The molecule has 0 aliphatic rings. The van der Waals surface area contributed by atoms with Crippen LogP contribution in [0, 0.1) is 11.3 Å². The van der Waals surface area contributed by atoms with E-state index >= 15 is 0 Å². The second kappa shape index (κ2) is 6.15. The highest BCUT2D eigenvalue weighted by Gasteiger charge is 2.24. The lowest BCUT2D eigenvalue weighted by Crippen LogP contribution is -2.27. The number of thiophene rings is 1. The van der Waals surface area contributed by atoms with Gasteiger partial charge in [-0.25, -0.2) is 8.42 Å². The average Bonchev–Trinajstić information content (AvgIpc) is 2.83. The summed E-state index contributed by atoms with van der Waals surface area (Å²) < 4.78 is 27.3. The van der Waals surface area contributed by atoms with Gasteiger partial charge in [-0.2, -0.15) is 9.57 Å². The third-order valence-electron chi connectivity index (χ3n) is 2.84. The van der Waals surface area contributed by atoms with E-state index in [0.717, 1.165) is 9.35 Å². The summed E-state index contributed by atoms with van der Waals surface area (Å²) in [7, 11) is -2.26. The number of nitriles is 1. The quantitative estimate of drug-likeness (QED) is 0.819. The lowest BCUT2D eigenvalue weighted by Gasteiger charge is -2.17. The monoisotopic (exact) mass is 385 g/mol. The lowest BCUT2D eigenvalue weighted by atomic mass is 10.2. The zero-order chi connectivity index (χ0) is 15.6. The first-order valence-electron chi connectivity index (χ1n) is 5.83. The van der Waals surface area contributed by atoms with Crippen molar-refractivity contribution in [2.24, 2.45) is 0 Å². The van der Waals surface area contributed by atoms with Crippen molar-refractivity contribution >= 4 is 43.0 Å². The highest BCUT2D eigenvalue weighted by Crippen LogP contribution is 2.25. The topological polar surface area (TPSA) is 87.2 Å². The number of nitrogen functional groups attached to an aromatic ring is 1. The molecule has 21 heavy (non-hydrogen) atoms. The molecule has 0 amide bonds. The molecular weight excluding hydrogens is 374 g/mol. The average molecular weight is 386 g/mol. The molecule has 0 bridgehead atoms. The summed E-state index contributed by atoms with van der Waals surface area (Å²) in [5, 5.41) is 11.0. The summed E-state index contributed by atoms with van der Waals surface area (Å²) in [5.41, 5.74) is 6.87. The van der Waals surface area contributed by atoms with Gasteiger partial charge in [0, 0.05) is 19.3 Å². The number of anilines is 1. The predicted molar refractivity (Wildman–Crippen MR) is 86.2 cm³/mol. The first-order chi connectivity index (χ1) is 9.84. The molecule has 5 nitrogen and oxygen atoms in total. The number of benzene rings is 1. The first kappa shape index (κ1) is 16.0. The number of nitrogens with zero attached hydrogens (tertiary/aromatic N) is 2. The fourth-order valence-corrected chi connectivity index (χ4v) is 4.28. The van der Waals surface area contributed by atoms with Gasteiger partial charge in [0.15, 0.2) is 0 Å². The van der Waals surface area contributed by atoms with E-state index in [0.29, 0.717) is 5.69 Å². The molecule has 0 unspecified atom stereocenters. The summed E-state index contributed by atoms with van der Waals surface area (Å²) in [5.74, 6) is 0. The normalized spacial score (nSPS) is 11.5. The highest BCUT2D eigenvalue weighted by atomic mass is 79.9. The van der Waals surface area contributed by atoms with Crippen LogP contribution in [0.1, 0.15) is 11.1 Å². The van der Waals surface area contributed by atoms with Gasteiger partial charge >= 0.3 is 0 Å². The number of hydrogen-bond acceptors (Lipinski definition) is 5. The molecule has 0 fully saturated rings. The van der Waals surface area contributed by atoms with E-state index in [1.165, 1.54) is 40.9 Å². The van der Waals surface area contributed by atoms with Crippen LogP contribution in [0.4, 0.5) is 5.69 Å². The van der Waals surface area contributed by atoms with Crippen LogP contribution in [0.25, 0.3) is 0 Å². The minimum Gasteiger partial charge on any atom is -0.399 e. The molecule has 110 valence electrons. The Hall–Kier alpha value is -1.40. The van der Waals surface area contributed by atoms with E-state index in [4.69, 9.17) is 11.0 Å². The fraction of sp³-hybridized carbons (Fsp3) is 0.154. The van der Waals surface area contributed by atoms with Gasteiger partial charge < -0.3 is 5.73 Å². The molecule has 0 aliphatic heterocycles. The molecule has 0 aliphatic carbocycles. The van der Waals surface area contributed by atoms with Crippen LogP contribution in [0.3, 0.4) is 0 Å². The molecule has 1 aromatic carbocycles. The number of hydrogen-bond donors (Lipinski definition) is 1. The molecule has 2 aromatic rings. The highest BCUT2D eigenvalue weighted by molar-refractivity contribution is 9.11. The molecule has 8 heteroatoms. The summed E-state index contributed by atoms with van der Waals surface area (Å²) >= 11 is 4.83. The van der Waals surface area contributed by atoms with Crippen LogP contribution in [0.15, 0.2) is 38.3 Å². The van der Waals surface area contributed by atoms with Crippen LogP contribution < -0.4 is 5.73 Å². The zero-order valence-corrected chi connectivity index (χ0v) is 14.3. The van der Waals surface area contributed by atoms with Gasteiger partial charge in [-0.05, 0) is 51.1 Å². The van der Waals surface area contributed by atoms with Crippen molar-refractivity contribution in [3.63, 3.8) is 0 Å². The molecule has 1 heterocycles. The van der Waals surface area contributed by atoms with Crippen LogP contribution in [0.2, 0.25) is 0 Å². The minimum atomic E-state index is -3.74. The molecule has 2 rings (SSSR count). The Bertz CT molecular complexity index is 809. The molecule has 0 atom stereocenters. The van der Waals surface area contributed by atoms with Crippen LogP contribution in [0.5, 0.6) is 0 Å². The van der Waals surface area contributed by atoms with Crippen molar-refractivity contribution in [1.29, 1.82) is 5.26 Å². The fourth-order valence-electron chi connectivity index (χ4n) is 1.80. The van der Waals surface area contributed by atoms with E-state index < -0.39 is 10.0 Å². The molecular formula is C13H12BrN3O2S2. The zero-order valence-electron chi connectivity index (χ0n) is 11.1. The number of sulfonamides is 1. The molecule has 2 N–H and O–H groups in total. The lowest BCUT2D eigenvalue weighted by molar-refractivity contribution is 0.467. The van der Waals surface area contributed by atoms with Crippen molar-refractivity contribution in [3.05, 3.63) is 44.6 Å². The number of rotatable bonds is 4. The Balaban J connectivity index is 2.35. The first-order valence-corrected chi connectivity index (χ1v) is 8.94. The van der Waals surface area contributed by atoms with E-state index in [1.54, 1.807) is 0 Å². The minimum absolute atomic E-state index is 0.0315. The second-order valence-electron chi connectivity index (χ2n) is 4.39. The Morgan fingerprint density at radius 3 is 2.71 bits per heavy atom. The van der Waals surface area contributed by atoms with E-state index in [2.05, 4.69) is 15.9 Å². The van der Waals surface area contributed by atoms with Gasteiger partial charge in [0.05, 0.1) is 9.35 Å². The van der Waals surface area contributed by atoms with Gasteiger partial charge in [0.2, 0.25) is 10.0 Å². The summed E-state index contributed by atoms with van der Waals surface area (Å²) in [6, 6.07) is 7.94. The Labute approximate surface area is 135 Å². The second-order valence-corrected chi connectivity index (χ2v) is 8.69. The van der Waals surface area contributed by atoms with Crippen LogP contribution in [-0.2, 0) is 16.6 Å². The van der Waals surface area contributed by atoms with Gasteiger partial charge in [-0.15, -0.1) is 11.3 Å². The number of halogens is 1. The van der Waals surface area contributed by atoms with Gasteiger partial charge in [-0.1, -0.05) is 0 Å². The molecule has 1 aromatic heterocycles. The van der Waals surface area contributed by atoms with Crippen molar-refractivity contribution in [3.8, 4) is 6.07 Å². The number of nitrogens with two attached hydrogens (primary N) is 1. The van der Waals surface area contributed by atoms with Crippen molar-refractivity contribution in [2.45, 2.75) is 11.4 Å². The SMILES string of the molecule is CN(Cc1csc(Br)c1)S(=O)(=O)c1ccc(N)cc1C#N. The predicted octanol–water partition coefficient (Wildman–Crippen LogP) is 2.79. The van der Waals surface area contributed by atoms with Crippen molar-refractivity contribution in [1.82, 2.24) is 4.31 Å². The molecule has 0 saturated carbocycles. The standard InChI is InChI=1S/C13H12BrN3O2S2/c1-17(7-9-4-13(14)20-8-9)21(18,19)12-3-2-11(16)5-10(12)6-15/h2-5,8H,7,16H2,1H3. The summed E-state index contributed by atoms with van der Waals surface area (Å²) in [6.45, 7) is 0.236. The third kappa shape index (κ3) is 3.44. The molecule has 0 radical (unpaired) electrons. The summed E-state index contributed by atoms with van der Waals surface area (Å²) in [4.78, 5) is -0.0315. The Morgan fingerprint density at radius 2 is 2.14 bits per heavy atom. The maximum absolute atomic E-state index is 12.6. The maximum Gasteiger partial charge on any atom is 0.244 e. The van der Waals surface area contributed by atoms with E-state index in [-0.39, 0.29) is 17.0 Å². The Kier molecular flexibility index (Phi) is 4.68. The Morgan fingerprint density at radius 1 is 1.43 bits per heavy atom. The maximum atomic E-state index is 12.6. The smallest absolute Gasteiger partial charge is 0.244 e. The molecule has 0 spiro atoms. The largest absolute Gasteiger partial charge is 0.399 e. The van der Waals surface area contributed by atoms with Gasteiger partial charge in [0.25, 0.3) is 0 Å². The van der Waals surface area contributed by atoms with Gasteiger partial charge in [0.1, 0.15) is 11.0 Å². The van der Waals surface area contributed by atoms with Crippen LogP contribution >= 0.6 is 27.3 Å². The molecule has 0 saturated heterocycles.